The molecule has 1 heterocycles. The molecular weight excluding hydrogens is 242 g/mol. The molecule has 0 aliphatic heterocycles. The van der Waals surface area contributed by atoms with E-state index in [4.69, 9.17) is 5.26 Å². The molecule has 68 valence electrons. The minimum atomic E-state index is 0.633. The fraction of sp³-hybridized carbons (Fsp3) is 0. The van der Waals surface area contributed by atoms with Gasteiger partial charge in [-0.1, -0.05) is 6.07 Å². The summed E-state index contributed by atoms with van der Waals surface area (Å²) >= 11 is 3.27. The van der Waals surface area contributed by atoms with Crippen LogP contribution >= 0.6 is 15.9 Å². The highest BCUT2D eigenvalue weighted by Gasteiger charge is 1.99. The Hall–Kier alpha value is -1.60. The molecule has 3 nitrogen and oxygen atoms in total. The van der Waals surface area contributed by atoms with E-state index in [9.17, 15) is 0 Å². The molecule has 1 aromatic heterocycles. The third-order valence-corrected chi connectivity index (χ3v) is 2.22. The monoisotopic (exact) mass is 247 g/mol. The first kappa shape index (κ1) is 8.97. The molecule has 0 saturated heterocycles. The summed E-state index contributed by atoms with van der Waals surface area (Å²) in [5, 5.41) is 12.9. The number of aromatic nitrogens is 2. The van der Waals surface area contributed by atoms with Crippen LogP contribution in [-0.4, -0.2) is 9.78 Å². The van der Waals surface area contributed by atoms with Gasteiger partial charge in [0, 0.05) is 6.20 Å². The molecule has 0 saturated carbocycles. The smallest absolute Gasteiger partial charge is 0.128 e. The van der Waals surface area contributed by atoms with Gasteiger partial charge in [-0.15, -0.1) is 0 Å². The van der Waals surface area contributed by atoms with Crippen LogP contribution < -0.4 is 0 Å². The Morgan fingerprint density at radius 2 is 2.21 bits per heavy atom. The molecule has 0 spiro atoms. The Morgan fingerprint density at radius 3 is 2.86 bits per heavy atom. The zero-order valence-corrected chi connectivity index (χ0v) is 8.77. The third-order valence-electron chi connectivity index (χ3n) is 1.80. The van der Waals surface area contributed by atoms with Gasteiger partial charge in [-0.2, -0.15) is 10.4 Å². The molecule has 0 aliphatic carbocycles. The van der Waals surface area contributed by atoms with Gasteiger partial charge in [-0.3, -0.25) is 0 Å². The van der Waals surface area contributed by atoms with E-state index in [2.05, 4.69) is 27.1 Å². The zero-order chi connectivity index (χ0) is 9.97. The molecule has 14 heavy (non-hydrogen) atoms. The van der Waals surface area contributed by atoms with Crippen LogP contribution in [0.5, 0.6) is 0 Å². The van der Waals surface area contributed by atoms with Crippen LogP contribution in [0.4, 0.5) is 0 Å². The molecule has 0 amide bonds. The van der Waals surface area contributed by atoms with Crippen LogP contribution in [-0.2, 0) is 0 Å². The molecule has 0 radical (unpaired) electrons. The van der Waals surface area contributed by atoms with Gasteiger partial charge in [0.25, 0.3) is 0 Å². The van der Waals surface area contributed by atoms with Gasteiger partial charge in [0.05, 0.1) is 17.3 Å². The Balaban J connectivity index is 2.47. The molecule has 2 rings (SSSR count). The number of nitriles is 1. The van der Waals surface area contributed by atoms with E-state index >= 15 is 0 Å². The molecule has 0 aliphatic rings. The van der Waals surface area contributed by atoms with Gasteiger partial charge in [0.2, 0.25) is 0 Å². The maximum Gasteiger partial charge on any atom is 0.128 e. The normalized spacial score (nSPS) is 9.71. The topological polar surface area (TPSA) is 41.6 Å². The van der Waals surface area contributed by atoms with E-state index in [1.54, 1.807) is 16.8 Å². The van der Waals surface area contributed by atoms with Crippen molar-refractivity contribution in [3.05, 3.63) is 46.7 Å². The fourth-order valence-electron chi connectivity index (χ4n) is 1.16. The first-order chi connectivity index (χ1) is 6.79. The molecule has 4 heteroatoms. The molecule has 0 unspecified atom stereocenters. The van der Waals surface area contributed by atoms with Crippen LogP contribution in [0.1, 0.15) is 5.56 Å². The predicted molar refractivity (Wildman–Crippen MR) is 56.0 cm³/mol. The lowest BCUT2D eigenvalue weighted by Crippen LogP contribution is -1.94. The van der Waals surface area contributed by atoms with Crippen LogP contribution in [0.15, 0.2) is 41.1 Å². The van der Waals surface area contributed by atoms with Crippen LogP contribution in [0.3, 0.4) is 0 Å². The van der Waals surface area contributed by atoms with Crippen LogP contribution in [0, 0.1) is 11.3 Å². The lowest BCUT2D eigenvalue weighted by molar-refractivity contribution is 0.870. The first-order valence-electron chi connectivity index (χ1n) is 4.01. The summed E-state index contributed by atoms with van der Waals surface area (Å²) in [5.41, 5.74) is 1.52. The largest absolute Gasteiger partial charge is 0.240 e. The number of nitrogens with zero attached hydrogens (tertiary/aromatic N) is 3. The van der Waals surface area contributed by atoms with E-state index in [0.29, 0.717) is 5.56 Å². The maximum absolute atomic E-state index is 8.73. The average molecular weight is 248 g/mol. The van der Waals surface area contributed by atoms with Crippen molar-refractivity contribution in [2.24, 2.45) is 0 Å². The molecule has 0 bridgehead atoms. The quantitative estimate of drug-likeness (QED) is 0.777. The SMILES string of the molecule is N#Cc1cccc(-n2ccc(Br)n2)c1. The number of benzene rings is 1. The van der Waals surface area contributed by atoms with E-state index in [1.807, 2.05) is 24.4 Å². The summed E-state index contributed by atoms with van der Waals surface area (Å²) in [5.74, 6) is 0. The molecule has 2 aromatic rings. The summed E-state index contributed by atoms with van der Waals surface area (Å²) in [4.78, 5) is 0. The van der Waals surface area contributed by atoms with E-state index in [-0.39, 0.29) is 0 Å². The minimum absolute atomic E-state index is 0.633. The van der Waals surface area contributed by atoms with Crippen molar-refractivity contribution >= 4 is 15.9 Å². The lowest BCUT2D eigenvalue weighted by atomic mass is 10.2. The van der Waals surface area contributed by atoms with E-state index in [0.717, 1.165) is 10.3 Å². The van der Waals surface area contributed by atoms with Gasteiger partial charge in [0.1, 0.15) is 4.60 Å². The van der Waals surface area contributed by atoms with E-state index < -0.39 is 0 Å². The molecule has 1 aromatic carbocycles. The standard InChI is InChI=1S/C10H6BrN3/c11-10-4-5-14(13-10)9-3-1-2-8(6-9)7-12/h1-6H. The Kier molecular flexibility index (Phi) is 2.33. The van der Waals surface area contributed by atoms with E-state index in [1.165, 1.54) is 0 Å². The van der Waals surface area contributed by atoms with Gasteiger partial charge in [-0.25, -0.2) is 4.68 Å². The average Bonchev–Trinajstić information content (AvgIpc) is 2.65. The van der Waals surface area contributed by atoms with Crippen LogP contribution in [0.25, 0.3) is 5.69 Å². The second kappa shape index (κ2) is 3.64. The van der Waals surface area contributed by atoms with Crippen molar-refractivity contribution in [2.75, 3.05) is 0 Å². The zero-order valence-electron chi connectivity index (χ0n) is 7.18. The highest BCUT2D eigenvalue weighted by atomic mass is 79.9. The van der Waals surface area contributed by atoms with Crippen LogP contribution in [0.2, 0.25) is 0 Å². The van der Waals surface area contributed by atoms with Crippen molar-refractivity contribution in [3.63, 3.8) is 0 Å². The Bertz CT molecular complexity index is 496. The number of hydrogen-bond donors (Lipinski definition) is 0. The lowest BCUT2D eigenvalue weighted by Gasteiger charge is -2.00. The third kappa shape index (κ3) is 1.68. The van der Waals surface area contributed by atoms with Crippen molar-refractivity contribution in [3.8, 4) is 11.8 Å². The van der Waals surface area contributed by atoms with Crippen molar-refractivity contribution < 1.29 is 0 Å². The Morgan fingerprint density at radius 1 is 1.36 bits per heavy atom. The molecule has 0 fully saturated rings. The van der Waals surface area contributed by atoms with Crippen molar-refractivity contribution in [1.29, 1.82) is 5.26 Å². The highest BCUT2D eigenvalue weighted by Crippen LogP contribution is 2.12. The van der Waals surface area contributed by atoms with Gasteiger partial charge < -0.3 is 0 Å². The molecule has 0 atom stereocenters. The fourth-order valence-corrected chi connectivity index (χ4v) is 1.45. The number of rotatable bonds is 1. The maximum atomic E-state index is 8.73. The summed E-state index contributed by atoms with van der Waals surface area (Å²) in [6.45, 7) is 0. The number of hydrogen-bond acceptors (Lipinski definition) is 2. The second-order valence-electron chi connectivity index (χ2n) is 2.75. The molecule has 0 N–H and O–H groups in total. The highest BCUT2D eigenvalue weighted by molar-refractivity contribution is 9.10. The van der Waals surface area contributed by atoms with Crippen molar-refractivity contribution in [2.45, 2.75) is 0 Å². The minimum Gasteiger partial charge on any atom is -0.240 e. The summed E-state index contributed by atoms with van der Waals surface area (Å²) < 4.78 is 2.49. The molecular formula is C10H6BrN3. The van der Waals surface area contributed by atoms with Crippen molar-refractivity contribution in [1.82, 2.24) is 9.78 Å². The Labute approximate surface area is 89.7 Å². The van der Waals surface area contributed by atoms with Gasteiger partial charge >= 0.3 is 0 Å². The number of halogens is 1. The summed E-state index contributed by atoms with van der Waals surface area (Å²) in [6.07, 6.45) is 1.83. The first-order valence-corrected chi connectivity index (χ1v) is 4.80. The summed E-state index contributed by atoms with van der Waals surface area (Å²) in [6, 6.07) is 11.2. The predicted octanol–water partition coefficient (Wildman–Crippen LogP) is 2.51. The van der Waals surface area contributed by atoms with Gasteiger partial charge in [0.15, 0.2) is 0 Å². The van der Waals surface area contributed by atoms with Gasteiger partial charge in [-0.05, 0) is 40.2 Å². The second-order valence-corrected chi connectivity index (χ2v) is 3.56. The summed E-state index contributed by atoms with van der Waals surface area (Å²) in [7, 11) is 0.